The lowest BCUT2D eigenvalue weighted by Gasteiger charge is -2.31. The average Bonchev–Trinajstić information content (AvgIpc) is 3.84. The Morgan fingerprint density at radius 2 is 1.15 bits per heavy atom. The van der Waals surface area contributed by atoms with Crippen molar-refractivity contribution in [2.45, 2.75) is 19.4 Å². The maximum absolute atomic E-state index is 5.63. The molecule has 2 unspecified atom stereocenters. The Labute approximate surface area is 348 Å². The fraction of sp³-hybridized carbons (Fsp3) is 0.0702. The molecule has 1 aliphatic rings. The fourth-order valence-electron chi connectivity index (χ4n) is 10.2. The number of hydrogen-bond acceptors (Lipinski definition) is 1. The lowest BCUT2D eigenvalue weighted by molar-refractivity contribution is 0.520. The van der Waals surface area contributed by atoms with E-state index in [0.717, 1.165) is 23.4 Å². The molecule has 0 amide bonds. The first-order chi connectivity index (χ1) is 29.7. The van der Waals surface area contributed by atoms with Crippen LogP contribution in [-0.2, 0) is 0 Å². The van der Waals surface area contributed by atoms with Gasteiger partial charge in [0, 0.05) is 44.1 Å². The zero-order valence-electron chi connectivity index (χ0n) is 33.3. The van der Waals surface area contributed by atoms with Crippen LogP contribution in [0.2, 0.25) is 0 Å². The highest BCUT2D eigenvalue weighted by atomic mass is 15.0. The van der Waals surface area contributed by atoms with Crippen molar-refractivity contribution in [2.24, 2.45) is 10.9 Å². The number of nitrogens with zero attached hydrogens (tertiary/aromatic N) is 3. The molecule has 60 heavy (non-hydrogen) atoms. The molecule has 9 aromatic carbocycles. The molecule has 11 aromatic rings. The topological polar surface area (TPSA) is 22.2 Å². The Balaban J connectivity index is 1.05. The number of aliphatic imine (C=N–C) groups is 1. The maximum atomic E-state index is 5.63. The van der Waals surface area contributed by atoms with E-state index in [1.165, 1.54) is 87.5 Å². The van der Waals surface area contributed by atoms with Gasteiger partial charge in [-0.1, -0.05) is 159 Å². The molecule has 0 fully saturated rings. The minimum absolute atomic E-state index is 0.0360. The number of para-hydroxylation sites is 3. The molecule has 3 heterocycles. The van der Waals surface area contributed by atoms with Crippen molar-refractivity contribution < 1.29 is 0 Å². The van der Waals surface area contributed by atoms with E-state index in [1.54, 1.807) is 0 Å². The molecule has 2 aromatic heterocycles. The van der Waals surface area contributed by atoms with E-state index >= 15 is 0 Å². The van der Waals surface area contributed by atoms with E-state index in [-0.39, 0.29) is 12.0 Å². The van der Waals surface area contributed by atoms with Gasteiger partial charge in [0.1, 0.15) is 0 Å². The summed E-state index contributed by atoms with van der Waals surface area (Å²) in [6.07, 6.45) is 3.33. The Hall–Kier alpha value is -7.49. The van der Waals surface area contributed by atoms with Gasteiger partial charge in [0.05, 0.1) is 39.5 Å². The van der Waals surface area contributed by atoms with E-state index in [0.29, 0.717) is 0 Å². The second-order valence-electron chi connectivity index (χ2n) is 16.2. The fourth-order valence-corrected chi connectivity index (χ4v) is 10.2. The summed E-state index contributed by atoms with van der Waals surface area (Å²) in [7, 11) is 0. The van der Waals surface area contributed by atoms with Gasteiger partial charge in [-0.2, -0.15) is 0 Å². The van der Waals surface area contributed by atoms with Crippen molar-refractivity contribution in [2.75, 3.05) is 0 Å². The van der Waals surface area contributed by atoms with Gasteiger partial charge in [0.15, 0.2) is 0 Å². The van der Waals surface area contributed by atoms with E-state index in [2.05, 4.69) is 222 Å². The predicted octanol–water partition coefficient (Wildman–Crippen LogP) is 14.8. The number of dihydropyridines is 1. The molecular weight excluding hydrogens is 727 g/mol. The number of hydrogen-bond donors (Lipinski definition) is 0. The first kappa shape index (κ1) is 34.5. The first-order valence-corrected chi connectivity index (χ1v) is 21.1. The minimum atomic E-state index is -0.0360. The highest BCUT2D eigenvalue weighted by molar-refractivity contribution is 6.26. The summed E-state index contributed by atoms with van der Waals surface area (Å²) in [4.78, 5) is 5.63. The SMILES string of the molecule is CCC1C(c2ccccc2)=CC(c2ccc3ccccc3c2)=NC1c1ccc2c(-n3c4ccccc4c4c3ccc3c5ccccc5n(-c5ccccc5)c34)cccc2c1. The van der Waals surface area contributed by atoms with Crippen LogP contribution in [0.4, 0.5) is 0 Å². The number of fused-ring (bicyclic) bond motifs is 9. The molecule has 0 bridgehead atoms. The smallest absolute Gasteiger partial charge is 0.0825 e. The molecular formula is C57H41N3. The van der Waals surface area contributed by atoms with Gasteiger partial charge in [-0.3, -0.25) is 4.99 Å². The molecule has 3 nitrogen and oxygen atoms in total. The lowest BCUT2D eigenvalue weighted by Crippen LogP contribution is -2.20. The highest BCUT2D eigenvalue weighted by Gasteiger charge is 2.31. The summed E-state index contributed by atoms with van der Waals surface area (Å²) in [5.74, 6) is 0.230. The van der Waals surface area contributed by atoms with Gasteiger partial charge in [-0.25, -0.2) is 0 Å². The first-order valence-electron chi connectivity index (χ1n) is 21.1. The molecule has 0 spiro atoms. The normalized spacial score (nSPS) is 15.7. The Morgan fingerprint density at radius 3 is 1.97 bits per heavy atom. The molecule has 2 atom stereocenters. The molecule has 0 radical (unpaired) electrons. The molecule has 0 N–H and O–H groups in total. The third kappa shape index (κ3) is 5.32. The molecule has 0 aliphatic carbocycles. The third-order valence-electron chi connectivity index (χ3n) is 12.9. The van der Waals surface area contributed by atoms with Crippen molar-refractivity contribution in [3.63, 3.8) is 0 Å². The lowest BCUT2D eigenvalue weighted by atomic mass is 9.78. The summed E-state index contributed by atoms with van der Waals surface area (Å²) in [5, 5.41) is 9.93. The zero-order chi connectivity index (χ0) is 39.7. The molecule has 12 rings (SSSR count). The van der Waals surface area contributed by atoms with E-state index < -0.39 is 0 Å². The van der Waals surface area contributed by atoms with E-state index in [4.69, 9.17) is 4.99 Å². The maximum Gasteiger partial charge on any atom is 0.0825 e. The standard InChI is InChI=1S/C57H41N3/c1-2-44-49(38-17-5-3-6-18-38)36-50(41-29-28-37-16-9-10-19-39(37)34-41)58-56(44)42-30-31-45-40(35-42)20-15-27-51(45)60-53-26-14-12-24-48(53)55-54(60)33-32-47-46-23-11-13-25-52(46)59(57(47)55)43-21-7-4-8-22-43/h3-36,44,56H,2H2,1H3. The Morgan fingerprint density at radius 1 is 0.467 bits per heavy atom. The molecule has 1 aliphatic heterocycles. The van der Waals surface area contributed by atoms with E-state index in [9.17, 15) is 0 Å². The zero-order valence-corrected chi connectivity index (χ0v) is 33.3. The summed E-state index contributed by atoms with van der Waals surface area (Å²) in [6.45, 7) is 2.31. The van der Waals surface area contributed by atoms with Crippen LogP contribution in [0.5, 0.6) is 0 Å². The van der Waals surface area contributed by atoms with Crippen LogP contribution in [0.1, 0.15) is 36.1 Å². The second kappa shape index (κ2) is 13.8. The van der Waals surface area contributed by atoms with Crippen molar-refractivity contribution >= 4 is 76.4 Å². The Bertz CT molecular complexity index is 3530. The van der Waals surface area contributed by atoms with Crippen LogP contribution >= 0.6 is 0 Å². The number of benzene rings is 9. The predicted molar refractivity (Wildman–Crippen MR) is 254 cm³/mol. The van der Waals surface area contributed by atoms with Crippen LogP contribution < -0.4 is 0 Å². The summed E-state index contributed by atoms with van der Waals surface area (Å²) in [6, 6.07) is 73.3. The largest absolute Gasteiger partial charge is 0.309 e. The number of rotatable bonds is 6. The quantitative estimate of drug-likeness (QED) is 0.161. The highest BCUT2D eigenvalue weighted by Crippen LogP contribution is 2.45. The van der Waals surface area contributed by atoms with Crippen molar-refractivity contribution in [3.8, 4) is 11.4 Å². The molecule has 3 heteroatoms. The van der Waals surface area contributed by atoms with Gasteiger partial charge < -0.3 is 9.13 Å². The molecule has 284 valence electrons. The monoisotopic (exact) mass is 767 g/mol. The molecule has 0 saturated carbocycles. The Kier molecular flexibility index (Phi) is 7.96. The van der Waals surface area contributed by atoms with Crippen LogP contribution in [0.25, 0.3) is 82.1 Å². The molecule has 0 saturated heterocycles. The number of allylic oxidation sites excluding steroid dienone is 1. The van der Waals surface area contributed by atoms with Crippen molar-refractivity contribution in [1.82, 2.24) is 9.13 Å². The number of aromatic nitrogens is 2. The van der Waals surface area contributed by atoms with Gasteiger partial charge >= 0.3 is 0 Å². The van der Waals surface area contributed by atoms with Crippen molar-refractivity contribution in [1.29, 1.82) is 0 Å². The third-order valence-corrected chi connectivity index (χ3v) is 12.9. The average molecular weight is 768 g/mol. The van der Waals surface area contributed by atoms with Gasteiger partial charge in [-0.05, 0) is 93.9 Å². The van der Waals surface area contributed by atoms with Gasteiger partial charge in [0.25, 0.3) is 0 Å². The van der Waals surface area contributed by atoms with Crippen LogP contribution in [0.3, 0.4) is 0 Å². The van der Waals surface area contributed by atoms with Crippen LogP contribution in [0.15, 0.2) is 211 Å². The summed E-state index contributed by atoms with van der Waals surface area (Å²) < 4.78 is 4.94. The summed E-state index contributed by atoms with van der Waals surface area (Å²) >= 11 is 0. The summed E-state index contributed by atoms with van der Waals surface area (Å²) in [5.41, 5.74) is 13.2. The minimum Gasteiger partial charge on any atom is -0.309 e. The van der Waals surface area contributed by atoms with Crippen LogP contribution in [0, 0.1) is 5.92 Å². The van der Waals surface area contributed by atoms with Crippen LogP contribution in [-0.4, -0.2) is 14.8 Å². The van der Waals surface area contributed by atoms with E-state index in [1.807, 2.05) is 0 Å². The second-order valence-corrected chi connectivity index (χ2v) is 16.2. The van der Waals surface area contributed by atoms with Crippen molar-refractivity contribution in [3.05, 3.63) is 223 Å². The van der Waals surface area contributed by atoms with Gasteiger partial charge in [-0.15, -0.1) is 0 Å². The van der Waals surface area contributed by atoms with Gasteiger partial charge in [0.2, 0.25) is 0 Å².